The Morgan fingerprint density at radius 2 is 1.92 bits per heavy atom. The maximum absolute atomic E-state index is 12.9. The maximum Gasteiger partial charge on any atom is 0.418 e. The van der Waals surface area contributed by atoms with E-state index in [2.05, 4.69) is 15.3 Å². The summed E-state index contributed by atoms with van der Waals surface area (Å²) >= 11 is 0. The zero-order valence-electron chi connectivity index (χ0n) is 21.6. The molecular formula is C25H27N7O7. The SMILES string of the molecule is Cc1cc(OCc2ncc([N+](=O)[O-])n2C)ccc1NC(=O)Oc1cc2c(cn1)n(C)c(=O)n2C1CCOCC1. The van der Waals surface area contributed by atoms with Crippen LogP contribution in [-0.2, 0) is 25.4 Å². The second-order valence-electron chi connectivity index (χ2n) is 9.20. The van der Waals surface area contributed by atoms with Gasteiger partial charge in [0.1, 0.15) is 11.9 Å². The highest BCUT2D eigenvalue weighted by atomic mass is 16.6. The fourth-order valence-electron chi connectivity index (χ4n) is 4.58. The van der Waals surface area contributed by atoms with Gasteiger partial charge in [-0.2, -0.15) is 0 Å². The van der Waals surface area contributed by atoms with Gasteiger partial charge in [0.25, 0.3) is 0 Å². The third kappa shape index (κ3) is 5.18. The number of amides is 1. The largest absolute Gasteiger partial charge is 0.483 e. The van der Waals surface area contributed by atoms with E-state index in [1.165, 1.54) is 21.5 Å². The lowest BCUT2D eigenvalue weighted by Gasteiger charge is -2.23. The number of anilines is 1. The first-order valence-electron chi connectivity index (χ1n) is 12.2. The summed E-state index contributed by atoms with van der Waals surface area (Å²) in [4.78, 5) is 44.2. The van der Waals surface area contributed by atoms with Crippen LogP contribution >= 0.6 is 0 Å². The monoisotopic (exact) mass is 537 g/mol. The van der Waals surface area contributed by atoms with Crippen LogP contribution in [0.3, 0.4) is 0 Å². The minimum atomic E-state index is -0.741. The topological polar surface area (TPSA) is 158 Å². The summed E-state index contributed by atoms with van der Waals surface area (Å²) in [6.07, 6.45) is 3.40. The molecule has 14 heteroatoms. The van der Waals surface area contributed by atoms with Gasteiger partial charge in [0.2, 0.25) is 11.7 Å². The number of hydrogen-bond acceptors (Lipinski definition) is 9. The van der Waals surface area contributed by atoms with Gasteiger partial charge in [-0.1, -0.05) is 0 Å². The molecule has 0 bridgehead atoms. The summed E-state index contributed by atoms with van der Waals surface area (Å²) in [5, 5.41) is 13.7. The molecule has 0 unspecified atom stereocenters. The lowest BCUT2D eigenvalue weighted by atomic mass is 10.1. The summed E-state index contributed by atoms with van der Waals surface area (Å²) in [6, 6.07) is 6.62. The first-order valence-corrected chi connectivity index (χ1v) is 12.2. The van der Waals surface area contributed by atoms with Crippen LogP contribution in [0, 0.1) is 17.0 Å². The smallest absolute Gasteiger partial charge is 0.418 e. The second kappa shape index (κ2) is 10.6. The lowest BCUT2D eigenvalue weighted by molar-refractivity contribution is -0.391. The van der Waals surface area contributed by atoms with Crippen molar-refractivity contribution in [2.75, 3.05) is 18.5 Å². The molecule has 204 valence electrons. The Balaban J connectivity index is 1.26. The first kappa shape index (κ1) is 25.9. The Hall–Kier alpha value is -4.72. The second-order valence-corrected chi connectivity index (χ2v) is 9.20. The average Bonchev–Trinajstić information content (AvgIpc) is 3.40. The van der Waals surface area contributed by atoms with Crippen molar-refractivity contribution in [2.45, 2.75) is 32.4 Å². The number of nitrogens with one attached hydrogen (secondary N) is 1. The number of pyridine rings is 1. The van der Waals surface area contributed by atoms with E-state index < -0.39 is 11.0 Å². The van der Waals surface area contributed by atoms with Crippen molar-refractivity contribution in [3.05, 3.63) is 68.6 Å². The number of nitro groups is 1. The van der Waals surface area contributed by atoms with Crippen molar-refractivity contribution in [1.29, 1.82) is 0 Å². The number of carbonyl (C=O) groups is 1. The zero-order valence-corrected chi connectivity index (χ0v) is 21.6. The van der Waals surface area contributed by atoms with E-state index >= 15 is 0 Å². The van der Waals surface area contributed by atoms with Gasteiger partial charge in [0, 0.05) is 38.1 Å². The van der Waals surface area contributed by atoms with Gasteiger partial charge in [0.15, 0.2) is 6.61 Å². The van der Waals surface area contributed by atoms with Gasteiger partial charge < -0.3 is 24.3 Å². The van der Waals surface area contributed by atoms with E-state index in [4.69, 9.17) is 14.2 Å². The molecule has 4 aromatic rings. The average molecular weight is 538 g/mol. The molecule has 1 amide bonds. The molecule has 0 saturated carbocycles. The molecule has 1 fully saturated rings. The van der Waals surface area contributed by atoms with Crippen LogP contribution in [-0.4, -0.2) is 47.9 Å². The molecule has 0 spiro atoms. The number of aryl methyl sites for hydroxylation is 2. The quantitative estimate of drug-likeness (QED) is 0.276. The van der Waals surface area contributed by atoms with Gasteiger partial charge in [-0.3, -0.25) is 14.5 Å². The van der Waals surface area contributed by atoms with Crippen molar-refractivity contribution in [2.24, 2.45) is 14.1 Å². The number of fused-ring (bicyclic) bond motifs is 1. The van der Waals surface area contributed by atoms with Gasteiger partial charge in [-0.05, 0) is 48.5 Å². The number of aromatic nitrogens is 5. The number of hydrogen-bond donors (Lipinski definition) is 1. The highest BCUT2D eigenvalue weighted by molar-refractivity contribution is 5.87. The van der Waals surface area contributed by atoms with Crippen LogP contribution in [0.5, 0.6) is 11.6 Å². The highest BCUT2D eigenvalue weighted by Gasteiger charge is 2.23. The van der Waals surface area contributed by atoms with Crippen molar-refractivity contribution in [3.63, 3.8) is 0 Å². The highest BCUT2D eigenvalue weighted by Crippen LogP contribution is 2.27. The summed E-state index contributed by atoms with van der Waals surface area (Å²) in [5.74, 6) is 0.832. The summed E-state index contributed by atoms with van der Waals surface area (Å²) in [5.41, 5.74) is 2.34. The Kier molecular flexibility index (Phi) is 7.02. The Labute approximate surface area is 221 Å². The van der Waals surface area contributed by atoms with E-state index in [0.717, 1.165) is 12.8 Å². The van der Waals surface area contributed by atoms with Crippen LogP contribution in [0.4, 0.5) is 16.3 Å². The number of carbonyl (C=O) groups excluding carboxylic acids is 1. The number of imidazole rings is 2. The van der Waals surface area contributed by atoms with Crippen molar-refractivity contribution >= 4 is 28.6 Å². The number of benzene rings is 1. The van der Waals surface area contributed by atoms with E-state index in [1.54, 1.807) is 49.9 Å². The standard InChI is InChI=1S/C25H27N7O7/c1-15-10-17(38-14-21-26-13-23(30(21)3)32(35)36)4-5-18(15)28-24(33)39-22-11-19-20(12-27-22)29(2)25(34)31(19)16-6-8-37-9-7-16/h4-5,10-13,16H,6-9,14H2,1-3H3,(H,28,33). The molecule has 1 N–H and O–H groups in total. The summed E-state index contributed by atoms with van der Waals surface area (Å²) in [7, 11) is 3.23. The van der Waals surface area contributed by atoms with Crippen LogP contribution in [0.2, 0.25) is 0 Å². The van der Waals surface area contributed by atoms with Crippen LogP contribution in [0.25, 0.3) is 11.0 Å². The Bertz CT molecular complexity index is 1610. The van der Waals surface area contributed by atoms with Crippen molar-refractivity contribution in [3.8, 4) is 11.6 Å². The van der Waals surface area contributed by atoms with Crippen LogP contribution in [0.15, 0.2) is 41.5 Å². The molecule has 0 atom stereocenters. The Morgan fingerprint density at radius 1 is 1.15 bits per heavy atom. The molecule has 39 heavy (non-hydrogen) atoms. The molecular weight excluding hydrogens is 510 g/mol. The number of rotatable bonds is 7. The third-order valence-corrected chi connectivity index (χ3v) is 6.75. The van der Waals surface area contributed by atoms with E-state index in [0.29, 0.717) is 47.1 Å². The molecule has 1 aromatic carbocycles. The molecule has 1 saturated heterocycles. The number of nitrogens with zero attached hydrogens (tertiary/aromatic N) is 6. The third-order valence-electron chi connectivity index (χ3n) is 6.75. The minimum absolute atomic E-state index is 0.00469. The molecule has 5 rings (SSSR count). The number of ether oxygens (including phenoxy) is 3. The molecule has 4 heterocycles. The van der Waals surface area contributed by atoms with E-state index in [1.807, 2.05) is 0 Å². The van der Waals surface area contributed by atoms with Crippen molar-refractivity contribution < 1.29 is 23.9 Å². The Morgan fingerprint density at radius 3 is 2.62 bits per heavy atom. The predicted octanol–water partition coefficient (Wildman–Crippen LogP) is 3.23. The molecule has 0 aliphatic carbocycles. The van der Waals surface area contributed by atoms with Crippen LogP contribution < -0.4 is 20.5 Å². The predicted molar refractivity (Wildman–Crippen MR) is 139 cm³/mol. The van der Waals surface area contributed by atoms with Crippen LogP contribution in [0.1, 0.15) is 30.3 Å². The molecule has 1 aliphatic rings. The van der Waals surface area contributed by atoms with E-state index in [9.17, 15) is 19.7 Å². The minimum Gasteiger partial charge on any atom is -0.483 e. The lowest BCUT2D eigenvalue weighted by Crippen LogP contribution is -2.29. The van der Waals surface area contributed by atoms with Gasteiger partial charge >= 0.3 is 17.6 Å². The van der Waals surface area contributed by atoms with E-state index in [-0.39, 0.29) is 30.0 Å². The molecule has 14 nitrogen and oxygen atoms in total. The first-order chi connectivity index (χ1) is 18.7. The zero-order chi connectivity index (χ0) is 27.7. The summed E-state index contributed by atoms with van der Waals surface area (Å²) in [6.45, 7) is 2.98. The molecule has 0 radical (unpaired) electrons. The van der Waals surface area contributed by atoms with Gasteiger partial charge in [-0.25, -0.2) is 24.1 Å². The fourth-order valence-corrected chi connectivity index (χ4v) is 4.58. The summed E-state index contributed by atoms with van der Waals surface area (Å²) < 4.78 is 21.2. The van der Waals surface area contributed by atoms with Crippen molar-refractivity contribution in [1.82, 2.24) is 23.7 Å². The molecule has 3 aromatic heterocycles. The fraction of sp³-hybridized carbons (Fsp3) is 0.360. The maximum atomic E-state index is 12.9. The molecule has 1 aliphatic heterocycles. The normalized spacial score (nSPS) is 13.9. The van der Waals surface area contributed by atoms with Gasteiger partial charge in [0.05, 0.1) is 24.3 Å². The van der Waals surface area contributed by atoms with Gasteiger partial charge in [-0.15, -0.1) is 0 Å².